The fraction of sp³-hybridized carbons (Fsp3) is 1.00. The molecule has 0 aromatic carbocycles. The number of hydrogen-bond donors (Lipinski definition) is 4. The van der Waals surface area contributed by atoms with Crippen molar-refractivity contribution in [2.24, 2.45) is 0 Å². The molecule has 0 spiro atoms. The highest BCUT2D eigenvalue weighted by molar-refractivity contribution is 7.80. The van der Waals surface area contributed by atoms with Crippen LogP contribution in [0.25, 0.3) is 0 Å². The van der Waals surface area contributed by atoms with Crippen LogP contribution >= 0.6 is 50.5 Å². The average molecular weight is 681 g/mol. The van der Waals surface area contributed by atoms with E-state index in [2.05, 4.69) is 103 Å². The van der Waals surface area contributed by atoms with E-state index in [1.165, 1.54) is 48.4 Å². The summed E-state index contributed by atoms with van der Waals surface area (Å²) in [5.41, 5.74) is 0. The summed E-state index contributed by atoms with van der Waals surface area (Å²) in [5, 5.41) is 0. The van der Waals surface area contributed by atoms with Crippen molar-refractivity contribution in [1.29, 1.82) is 0 Å². The van der Waals surface area contributed by atoms with E-state index in [1.54, 1.807) is 0 Å². The van der Waals surface area contributed by atoms with Gasteiger partial charge in [-0.1, -0.05) is 24.2 Å². The average Bonchev–Trinajstić information content (AvgIpc) is 2.83. The molecule has 4 nitrogen and oxygen atoms in total. The summed E-state index contributed by atoms with van der Waals surface area (Å²) in [4.78, 5) is 0. The van der Waals surface area contributed by atoms with E-state index in [1.807, 2.05) is 0 Å². The van der Waals surface area contributed by atoms with Crippen LogP contribution in [0.4, 0.5) is 0 Å². The van der Waals surface area contributed by atoms with Crippen molar-refractivity contribution in [2.75, 3.05) is 49.4 Å². The number of hydrogen-bond acceptors (Lipinski definition) is 8. The number of thiol groups is 4. The van der Waals surface area contributed by atoms with Gasteiger partial charge in [-0.15, -0.1) is 0 Å². The highest BCUT2D eigenvalue weighted by Gasteiger charge is 2.41. The van der Waals surface area contributed by atoms with Gasteiger partial charge in [0.15, 0.2) is 33.3 Å². The minimum absolute atomic E-state index is 0.767. The number of rotatable bonds is 24. The molecule has 0 atom stereocenters. The molecule has 0 amide bonds. The van der Waals surface area contributed by atoms with E-state index in [0.717, 1.165) is 49.4 Å². The Morgan fingerprint density at radius 3 is 0.703 bits per heavy atom. The quantitative estimate of drug-likeness (QED) is 0.0615. The Bertz CT molecular complexity index is 500. The second-order valence-electron chi connectivity index (χ2n) is 12.8. The second-order valence-corrected chi connectivity index (χ2v) is 36.8. The third-order valence-electron chi connectivity index (χ3n) is 7.37. The highest BCUT2D eigenvalue weighted by Crippen LogP contribution is 2.39. The summed E-state index contributed by atoms with van der Waals surface area (Å²) in [6, 6.07) is 10.4. The third kappa shape index (κ3) is 20.0. The fourth-order valence-corrected chi connectivity index (χ4v) is 28.5. The maximum absolute atomic E-state index is 6.38. The SMILES string of the molecule is C[Si](C)(CC[Si](CC[Si](C)(C)OCCS)(CC[Si](C)(C)OCCS)CC[Si](C)(C)OCCS)OCCS. The second kappa shape index (κ2) is 19.5. The molecule has 0 unspecified atom stereocenters. The molecule has 0 fully saturated rings. The molecule has 0 aliphatic heterocycles. The molecular weight excluding hydrogens is 621 g/mol. The van der Waals surface area contributed by atoms with Crippen LogP contribution in [-0.2, 0) is 17.7 Å². The van der Waals surface area contributed by atoms with Crippen molar-refractivity contribution >= 4 is 91.9 Å². The van der Waals surface area contributed by atoms with Gasteiger partial charge in [-0.2, -0.15) is 50.5 Å². The van der Waals surface area contributed by atoms with Gasteiger partial charge in [0.1, 0.15) is 0 Å². The van der Waals surface area contributed by atoms with E-state index in [4.69, 9.17) is 17.7 Å². The third-order valence-corrected chi connectivity index (χ3v) is 25.1. The molecule has 0 bridgehead atoms. The standard InChI is InChI=1S/C24H60O4S4Si5/c1-33(2,25-9-13-29)17-21-37(22-18-34(3,4)26-10-14-30,23-19-35(5,6)27-11-15-31)24-20-36(7,8)28-12-16-32/h29-32H,9-24H2,1-8H3. The first kappa shape index (κ1) is 39.3. The summed E-state index contributed by atoms with van der Waals surface area (Å²) in [7, 11) is -8.55. The topological polar surface area (TPSA) is 36.9 Å². The maximum atomic E-state index is 6.38. The molecule has 0 aliphatic carbocycles. The smallest absolute Gasteiger partial charge is 0.186 e. The van der Waals surface area contributed by atoms with Gasteiger partial charge in [0, 0.05) is 49.4 Å². The lowest BCUT2D eigenvalue weighted by Gasteiger charge is -2.40. The van der Waals surface area contributed by atoms with Crippen LogP contribution in [0, 0.1) is 0 Å². The highest BCUT2D eigenvalue weighted by atomic mass is 32.1. The van der Waals surface area contributed by atoms with Crippen molar-refractivity contribution in [2.45, 2.75) is 101 Å². The molecule has 0 radical (unpaired) electrons. The first-order valence-corrected chi connectivity index (χ1v) is 31.9. The molecular formula is C24H60O4S4Si5. The van der Waals surface area contributed by atoms with E-state index in [-0.39, 0.29) is 0 Å². The van der Waals surface area contributed by atoms with Crippen molar-refractivity contribution in [3.05, 3.63) is 0 Å². The lowest BCUT2D eigenvalue weighted by Crippen LogP contribution is -2.45. The Balaban J connectivity index is 5.98. The lowest BCUT2D eigenvalue weighted by molar-refractivity contribution is 0.333. The molecule has 37 heavy (non-hydrogen) atoms. The molecule has 224 valence electrons. The Morgan fingerprint density at radius 1 is 0.351 bits per heavy atom. The Labute approximate surface area is 258 Å². The van der Waals surface area contributed by atoms with Crippen LogP contribution in [-0.4, -0.2) is 90.8 Å². The lowest BCUT2D eigenvalue weighted by atomic mass is 10.9. The molecule has 0 saturated heterocycles. The summed E-state index contributed by atoms with van der Waals surface area (Å²) in [5.74, 6) is 3.19. The Kier molecular flexibility index (Phi) is 20.7. The minimum atomic E-state index is -1.73. The minimum Gasteiger partial charge on any atom is -0.417 e. The molecule has 0 aromatic heterocycles. The zero-order valence-corrected chi connectivity index (χ0v) is 33.8. The fourth-order valence-electron chi connectivity index (χ4n) is 4.59. The zero-order chi connectivity index (χ0) is 28.6. The Hall–Kier alpha value is 2.32. The van der Waals surface area contributed by atoms with E-state index >= 15 is 0 Å². The molecule has 13 heteroatoms. The maximum Gasteiger partial charge on any atom is 0.186 e. The molecule has 0 aliphatic rings. The monoisotopic (exact) mass is 680 g/mol. The van der Waals surface area contributed by atoms with Crippen LogP contribution in [0.2, 0.25) is 101 Å². The van der Waals surface area contributed by atoms with Crippen molar-refractivity contribution in [3.8, 4) is 0 Å². The van der Waals surface area contributed by atoms with Gasteiger partial charge < -0.3 is 17.7 Å². The van der Waals surface area contributed by atoms with Gasteiger partial charge >= 0.3 is 0 Å². The van der Waals surface area contributed by atoms with Crippen LogP contribution < -0.4 is 0 Å². The van der Waals surface area contributed by atoms with E-state index in [0.29, 0.717) is 0 Å². The zero-order valence-electron chi connectivity index (χ0n) is 25.2. The largest absolute Gasteiger partial charge is 0.417 e. The van der Waals surface area contributed by atoms with E-state index < -0.39 is 41.3 Å². The van der Waals surface area contributed by atoms with Crippen LogP contribution in [0.3, 0.4) is 0 Å². The van der Waals surface area contributed by atoms with Gasteiger partial charge in [0.25, 0.3) is 0 Å². The Morgan fingerprint density at radius 2 is 0.541 bits per heavy atom. The first-order valence-electron chi connectivity index (χ1n) is 14.1. The van der Waals surface area contributed by atoms with Crippen molar-refractivity contribution < 1.29 is 17.7 Å². The van der Waals surface area contributed by atoms with Gasteiger partial charge in [-0.25, -0.2) is 0 Å². The predicted molar refractivity (Wildman–Crippen MR) is 193 cm³/mol. The normalized spacial score (nSPS) is 13.9. The van der Waals surface area contributed by atoms with Crippen molar-refractivity contribution in [1.82, 2.24) is 0 Å². The molecule has 0 saturated carbocycles. The predicted octanol–water partition coefficient (Wildman–Crippen LogP) is 8.04. The molecule has 0 aromatic rings. The molecule has 0 N–H and O–H groups in total. The molecule has 0 heterocycles. The summed E-state index contributed by atoms with van der Waals surface area (Å²) < 4.78 is 25.5. The van der Waals surface area contributed by atoms with Gasteiger partial charge in [-0.3, -0.25) is 0 Å². The summed E-state index contributed by atoms with van der Waals surface area (Å²) in [6.07, 6.45) is 0. The van der Waals surface area contributed by atoms with Crippen LogP contribution in [0.1, 0.15) is 0 Å². The van der Waals surface area contributed by atoms with Gasteiger partial charge in [-0.05, 0) is 76.6 Å². The first-order chi connectivity index (χ1) is 17.1. The van der Waals surface area contributed by atoms with Gasteiger partial charge in [0.05, 0.1) is 8.07 Å². The van der Waals surface area contributed by atoms with Crippen LogP contribution in [0.5, 0.6) is 0 Å². The van der Waals surface area contributed by atoms with Gasteiger partial charge in [0.2, 0.25) is 0 Å². The van der Waals surface area contributed by atoms with Crippen LogP contribution in [0.15, 0.2) is 0 Å². The van der Waals surface area contributed by atoms with E-state index in [9.17, 15) is 0 Å². The molecule has 0 rings (SSSR count). The van der Waals surface area contributed by atoms with Crippen molar-refractivity contribution in [3.63, 3.8) is 0 Å². The summed E-state index contributed by atoms with van der Waals surface area (Å²) >= 11 is 17.6. The summed E-state index contributed by atoms with van der Waals surface area (Å²) in [6.45, 7) is 22.2.